The van der Waals surface area contributed by atoms with Crippen molar-refractivity contribution in [2.45, 2.75) is 77.3 Å². The minimum atomic E-state index is -2.06. The zero-order chi connectivity index (χ0) is 18.6. The molecule has 25 heavy (non-hydrogen) atoms. The first-order valence-corrected chi connectivity index (χ1v) is 12.1. The van der Waals surface area contributed by atoms with Gasteiger partial charge in [-0.2, -0.15) is 0 Å². The molecule has 2 aromatic carbocycles. The van der Waals surface area contributed by atoms with Gasteiger partial charge in [0.15, 0.2) is 0 Å². The van der Waals surface area contributed by atoms with Crippen LogP contribution >= 0.6 is 0 Å². The lowest BCUT2D eigenvalue weighted by molar-refractivity contribution is 0.472. The average Bonchev–Trinajstić information content (AvgIpc) is 2.69. The molecule has 0 nitrogen and oxygen atoms in total. The molecule has 0 aliphatic heterocycles. The molecular weight excluding hydrogens is 316 g/mol. The van der Waals surface area contributed by atoms with Crippen molar-refractivity contribution in [3.63, 3.8) is 0 Å². The normalized spacial score (nSPS) is 13.0. The van der Waals surface area contributed by atoms with Gasteiger partial charge in [-0.1, -0.05) is 138 Å². The highest BCUT2D eigenvalue weighted by Crippen LogP contribution is 2.57. The Hall–Kier alpha value is -1.34. The van der Waals surface area contributed by atoms with Crippen molar-refractivity contribution < 1.29 is 0 Å². The fourth-order valence-electron chi connectivity index (χ4n) is 5.23. The molecule has 0 aliphatic carbocycles. The van der Waals surface area contributed by atoms with E-state index in [4.69, 9.17) is 0 Å². The summed E-state index contributed by atoms with van der Waals surface area (Å²) in [6.45, 7) is 14.8. The second-order valence-electron chi connectivity index (χ2n) is 8.02. The van der Waals surface area contributed by atoms with Gasteiger partial charge in [-0.25, -0.2) is 0 Å². The highest BCUT2D eigenvalue weighted by molar-refractivity contribution is 7.06. The van der Waals surface area contributed by atoms with E-state index in [1.807, 2.05) is 0 Å². The van der Waals surface area contributed by atoms with E-state index in [0.717, 1.165) is 0 Å². The van der Waals surface area contributed by atoms with Gasteiger partial charge in [0.1, 0.15) is 8.07 Å². The Labute approximate surface area is 156 Å². The van der Waals surface area contributed by atoms with Crippen molar-refractivity contribution in [1.82, 2.24) is 0 Å². The SMILES string of the molecule is CCC(C)(CC)[Si](c1ccccc1)(c1ccccc1)C(C)(CC)CC. The van der Waals surface area contributed by atoms with Gasteiger partial charge < -0.3 is 0 Å². The van der Waals surface area contributed by atoms with Crippen LogP contribution in [0.25, 0.3) is 0 Å². The molecule has 1 heteroatoms. The number of benzene rings is 2. The predicted octanol–water partition coefficient (Wildman–Crippen LogP) is 6.41. The van der Waals surface area contributed by atoms with Crippen molar-refractivity contribution in [2.24, 2.45) is 0 Å². The van der Waals surface area contributed by atoms with Crippen LogP contribution in [0.3, 0.4) is 0 Å². The van der Waals surface area contributed by atoms with Crippen molar-refractivity contribution in [1.29, 1.82) is 0 Å². The lowest BCUT2D eigenvalue weighted by atomic mass is 10.0. The van der Waals surface area contributed by atoms with E-state index in [2.05, 4.69) is 102 Å². The van der Waals surface area contributed by atoms with E-state index in [1.54, 1.807) is 10.4 Å². The summed E-state index contributed by atoms with van der Waals surface area (Å²) in [6.07, 6.45) is 4.93. The van der Waals surface area contributed by atoms with Crippen molar-refractivity contribution >= 4 is 18.4 Å². The largest absolute Gasteiger partial charge is 0.129 e. The Morgan fingerprint density at radius 2 is 0.840 bits per heavy atom. The van der Waals surface area contributed by atoms with Gasteiger partial charge in [0.05, 0.1) is 0 Å². The number of hydrogen-bond donors (Lipinski definition) is 0. The second kappa shape index (κ2) is 7.91. The Bertz CT molecular complexity index is 577. The Kier molecular flexibility index (Phi) is 6.32. The summed E-state index contributed by atoms with van der Waals surface area (Å²) in [6, 6.07) is 23.0. The van der Waals surface area contributed by atoms with Gasteiger partial charge in [0.25, 0.3) is 0 Å². The topological polar surface area (TPSA) is 0 Å². The van der Waals surface area contributed by atoms with Crippen molar-refractivity contribution in [2.75, 3.05) is 0 Å². The van der Waals surface area contributed by atoms with Crippen molar-refractivity contribution in [3.8, 4) is 0 Å². The third kappa shape index (κ3) is 3.01. The maximum atomic E-state index is 2.57. The molecule has 0 saturated heterocycles. The van der Waals surface area contributed by atoms with Crippen LogP contribution in [0, 0.1) is 0 Å². The lowest BCUT2D eigenvalue weighted by Crippen LogP contribution is -2.71. The van der Waals surface area contributed by atoms with E-state index in [-0.39, 0.29) is 0 Å². The van der Waals surface area contributed by atoms with Gasteiger partial charge in [-0.05, 0) is 10.1 Å². The van der Waals surface area contributed by atoms with E-state index in [0.29, 0.717) is 10.1 Å². The monoisotopic (exact) mass is 352 g/mol. The van der Waals surface area contributed by atoms with E-state index < -0.39 is 8.07 Å². The predicted molar refractivity (Wildman–Crippen MR) is 116 cm³/mol. The minimum Gasteiger partial charge on any atom is -0.0651 e. The zero-order valence-electron chi connectivity index (χ0n) is 17.1. The minimum absolute atomic E-state index is 0.330. The van der Waals surface area contributed by atoms with Crippen LogP contribution < -0.4 is 10.4 Å². The molecule has 0 radical (unpaired) electrons. The molecule has 0 amide bonds. The van der Waals surface area contributed by atoms with Crippen LogP contribution in [-0.2, 0) is 0 Å². The van der Waals surface area contributed by atoms with E-state index in [9.17, 15) is 0 Å². The third-order valence-corrected chi connectivity index (χ3v) is 14.8. The summed E-state index contributed by atoms with van der Waals surface area (Å²) >= 11 is 0. The molecule has 0 saturated carbocycles. The summed E-state index contributed by atoms with van der Waals surface area (Å²) in [4.78, 5) is 0. The fraction of sp³-hybridized carbons (Fsp3) is 0.500. The average molecular weight is 353 g/mol. The lowest BCUT2D eigenvalue weighted by Gasteiger charge is -2.57. The molecule has 0 aliphatic rings. The van der Waals surface area contributed by atoms with Gasteiger partial charge in [0.2, 0.25) is 0 Å². The highest BCUT2D eigenvalue weighted by atomic mass is 28.3. The first-order chi connectivity index (χ1) is 12.0. The van der Waals surface area contributed by atoms with E-state index >= 15 is 0 Å². The van der Waals surface area contributed by atoms with Crippen LogP contribution in [0.1, 0.15) is 67.2 Å². The van der Waals surface area contributed by atoms with E-state index in [1.165, 1.54) is 25.7 Å². The quantitative estimate of drug-likeness (QED) is 0.481. The molecule has 0 aromatic heterocycles. The smallest absolute Gasteiger partial charge is 0.0651 e. The standard InChI is InChI=1S/C24H36Si/c1-7-23(5,8-2)25(24(6,9-3)10-4,21-17-13-11-14-18-21)22-19-15-12-16-20-22/h11-20H,7-10H2,1-6H3. The Morgan fingerprint density at radius 1 is 0.560 bits per heavy atom. The second-order valence-corrected chi connectivity index (χ2v) is 13.1. The first kappa shape index (κ1) is 20.0. The summed E-state index contributed by atoms with van der Waals surface area (Å²) in [7, 11) is -2.06. The number of rotatable bonds is 8. The van der Waals surface area contributed by atoms with Gasteiger partial charge in [-0.15, -0.1) is 0 Å². The molecule has 0 fully saturated rings. The van der Waals surface area contributed by atoms with Crippen LogP contribution in [0.15, 0.2) is 60.7 Å². The molecule has 0 unspecified atom stereocenters. The maximum Gasteiger partial charge on any atom is 0.129 e. The molecule has 0 bridgehead atoms. The van der Waals surface area contributed by atoms with Crippen LogP contribution in [0.2, 0.25) is 10.1 Å². The summed E-state index contributed by atoms with van der Waals surface area (Å²) in [5, 5.41) is 3.88. The highest BCUT2D eigenvalue weighted by Gasteiger charge is 2.59. The third-order valence-electron chi connectivity index (χ3n) is 7.35. The molecule has 2 rings (SSSR count). The number of hydrogen-bond acceptors (Lipinski definition) is 0. The van der Waals surface area contributed by atoms with Gasteiger partial charge in [-0.3, -0.25) is 0 Å². The molecule has 0 N–H and O–H groups in total. The van der Waals surface area contributed by atoms with Crippen LogP contribution in [-0.4, -0.2) is 8.07 Å². The maximum absolute atomic E-state index is 2.57. The summed E-state index contributed by atoms with van der Waals surface area (Å²) in [5.41, 5.74) is 0. The van der Waals surface area contributed by atoms with Crippen LogP contribution in [0.5, 0.6) is 0 Å². The first-order valence-electron chi connectivity index (χ1n) is 10.1. The van der Waals surface area contributed by atoms with Crippen LogP contribution in [0.4, 0.5) is 0 Å². The van der Waals surface area contributed by atoms with Gasteiger partial charge in [0, 0.05) is 0 Å². The molecular formula is C24H36Si. The fourth-order valence-corrected chi connectivity index (χ4v) is 13.3. The molecule has 0 atom stereocenters. The molecule has 0 heterocycles. The van der Waals surface area contributed by atoms with Gasteiger partial charge >= 0.3 is 0 Å². The summed E-state index contributed by atoms with van der Waals surface area (Å²) in [5.74, 6) is 0. The molecule has 2 aromatic rings. The zero-order valence-corrected chi connectivity index (χ0v) is 18.1. The molecule has 0 spiro atoms. The van der Waals surface area contributed by atoms with Crippen molar-refractivity contribution in [3.05, 3.63) is 60.7 Å². The Balaban J connectivity index is 2.99. The summed E-state index contributed by atoms with van der Waals surface area (Å²) < 4.78 is 0. The Morgan fingerprint density at radius 3 is 1.08 bits per heavy atom. The molecule has 136 valence electrons.